The van der Waals surface area contributed by atoms with E-state index in [1.165, 1.54) is 7.11 Å². The van der Waals surface area contributed by atoms with Crippen molar-refractivity contribution in [3.05, 3.63) is 11.6 Å². The van der Waals surface area contributed by atoms with Gasteiger partial charge in [0.1, 0.15) is 11.3 Å². The van der Waals surface area contributed by atoms with E-state index in [2.05, 4.69) is 12.2 Å². The number of carbonyl (C=O) groups is 3. The molecule has 3 rings (SSSR count). The minimum absolute atomic E-state index is 0.0176. The van der Waals surface area contributed by atoms with Gasteiger partial charge in [0.2, 0.25) is 5.91 Å². The smallest absolute Gasteiger partial charge is 0.331 e. The van der Waals surface area contributed by atoms with Crippen molar-refractivity contribution in [1.82, 2.24) is 5.32 Å². The Labute approximate surface area is 143 Å². The predicted octanol–water partition coefficient (Wildman–Crippen LogP) is 2.40. The lowest BCUT2D eigenvalue weighted by molar-refractivity contribution is -0.146. The van der Waals surface area contributed by atoms with Crippen molar-refractivity contribution in [2.24, 2.45) is 23.7 Å². The van der Waals surface area contributed by atoms with Crippen molar-refractivity contribution < 1.29 is 19.1 Å². The van der Waals surface area contributed by atoms with Gasteiger partial charge in [-0.15, -0.1) is 0 Å². The van der Waals surface area contributed by atoms with Crippen LogP contribution in [0, 0.1) is 23.7 Å². The van der Waals surface area contributed by atoms with Crippen LogP contribution in [0.1, 0.15) is 52.4 Å². The molecule has 5 nitrogen and oxygen atoms in total. The zero-order valence-corrected chi connectivity index (χ0v) is 14.8. The molecule has 0 aliphatic heterocycles. The van der Waals surface area contributed by atoms with Gasteiger partial charge in [0.15, 0.2) is 0 Å². The van der Waals surface area contributed by atoms with Crippen molar-refractivity contribution in [1.29, 1.82) is 0 Å². The van der Waals surface area contributed by atoms with Crippen LogP contribution >= 0.6 is 0 Å². The average molecular weight is 333 g/mol. The van der Waals surface area contributed by atoms with E-state index < -0.39 is 5.54 Å². The van der Waals surface area contributed by atoms with E-state index in [0.29, 0.717) is 18.4 Å². The number of rotatable bonds is 5. The Bertz CT molecular complexity index is 596. The summed E-state index contributed by atoms with van der Waals surface area (Å²) in [6.45, 7) is 4.10. The van der Waals surface area contributed by atoms with Crippen molar-refractivity contribution in [3.63, 3.8) is 0 Å². The Morgan fingerprint density at radius 2 is 2.04 bits per heavy atom. The molecule has 0 bridgehead atoms. The minimum atomic E-state index is -0.862. The summed E-state index contributed by atoms with van der Waals surface area (Å²) >= 11 is 0. The van der Waals surface area contributed by atoms with Gasteiger partial charge >= 0.3 is 5.97 Å². The number of methoxy groups -OCH3 is 1. The number of allylic oxidation sites excluding steroid dienone is 1. The van der Waals surface area contributed by atoms with Gasteiger partial charge in [-0.2, -0.15) is 0 Å². The third-order valence-corrected chi connectivity index (χ3v) is 6.24. The predicted molar refractivity (Wildman–Crippen MR) is 89.0 cm³/mol. The van der Waals surface area contributed by atoms with Gasteiger partial charge in [0.25, 0.3) is 0 Å². The fraction of sp³-hybridized carbons (Fsp3) is 0.737. The fourth-order valence-electron chi connectivity index (χ4n) is 4.61. The van der Waals surface area contributed by atoms with Gasteiger partial charge in [0, 0.05) is 17.9 Å². The van der Waals surface area contributed by atoms with E-state index in [1.54, 1.807) is 0 Å². The van der Waals surface area contributed by atoms with Crippen LogP contribution in [0.5, 0.6) is 0 Å². The first kappa shape index (κ1) is 17.2. The minimum Gasteiger partial charge on any atom is -0.467 e. The highest BCUT2D eigenvalue weighted by molar-refractivity contribution is 6.01. The first-order chi connectivity index (χ1) is 11.5. The average Bonchev–Trinajstić information content (AvgIpc) is 3.19. The molecule has 0 heterocycles. The number of carbonyl (C=O) groups excluding carboxylic acids is 3. The van der Waals surface area contributed by atoms with Gasteiger partial charge in [0.05, 0.1) is 7.11 Å². The molecule has 2 fully saturated rings. The summed E-state index contributed by atoms with van der Waals surface area (Å²) in [5, 5.41) is 2.97. The summed E-state index contributed by atoms with van der Waals surface area (Å²) in [6, 6.07) is 0. The number of nitrogens with one attached hydrogen (secondary N) is 1. The molecule has 0 unspecified atom stereocenters. The molecular weight excluding hydrogens is 306 g/mol. The van der Waals surface area contributed by atoms with E-state index in [0.717, 1.165) is 25.7 Å². The molecule has 3 aliphatic rings. The molecule has 3 aliphatic carbocycles. The number of Topliss-reactive ketones (excluding diaryl/α,β-unsaturated/α-hetero) is 1. The Hall–Kier alpha value is -1.65. The van der Waals surface area contributed by atoms with E-state index in [-0.39, 0.29) is 41.3 Å². The molecule has 0 aromatic rings. The van der Waals surface area contributed by atoms with E-state index in [4.69, 9.17) is 4.74 Å². The Morgan fingerprint density at radius 1 is 1.29 bits per heavy atom. The summed E-state index contributed by atoms with van der Waals surface area (Å²) in [6.07, 6.45) is 6.61. The van der Waals surface area contributed by atoms with Crippen LogP contribution < -0.4 is 5.32 Å². The number of hydrogen-bond acceptors (Lipinski definition) is 4. The van der Waals surface area contributed by atoms with Gasteiger partial charge in [-0.3, -0.25) is 9.59 Å². The molecule has 0 aromatic carbocycles. The van der Waals surface area contributed by atoms with E-state index in [1.807, 2.05) is 13.0 Å². The Morgan fingerprint density at radius 3 is 2.62 bits per heavy atom. The molecule has 132 valence electrons. The van der Waals surface area contributed by atoms with E-state index in [9.17, 15) is 14.4 Å². The first-order valence-corrected chi connectivity index (χ1v) is 9.12. The monoisotopic (exact) mass is 333 g/mol. The van der Waals surface area contributed by atoms with Gasteiger partial charge in [-0.25, -0.2) is 4.79 Å². The molecule has 1 N–H and O–H groups in total. The molecule has 1 amide bonds. The van der Waals surface area contributed by atoms with Crippen LogP contribution in [-0.2, 0) is 19.1 Å². The molecule has 5 atom stereocenters. The van der Waals surface area contributed by atoms with Gasteiger partial charge in [-0.1, -0.05) is 26.3 Å². The van der Waals surface area contributed by atoms with Crippen LogP contribution in [0.15, 0.2) is 11.6 Å². The summed E-state index contributed by atoms with van der Waals surface area (Å²) in [5.74, 6) is 0.164. The number of amides is 1. The standard InChI is InChI=1S/C19H27NO4/c1-4-11-8-14-13(6-7-16(14)21)15(9-11)17(22)20-19(18(23)24-3)10-12(19)5-2/h9,11-14H,4-8,10H2,1-3H3,(H,20,22)/t11-,12+,13+,14+,19+/m1/s1. The third-order valence-electron chi connectivity index (χ3n) is 6.24. The van der Waals surface area contributed by atoms with Crippen LogP contribution in [0.25, 0.3) is 0 Å². The summed E-state index contributed by atoms with van der Waals surface area (Å²) in [7, 11) is 1.36. The molecule has 24 heavy (non-hydrogen) atoms. The maximum absolute atomic E-state index is 12.9. The van der Waals surface area contributed by atoms with Crippen molar-refractivity contribution in [2.45, 2.75) is 57.9 Å². The number of esters is 1. The SMILES string of the molecule is CC[C@H]1C=C(C(=O)N[C@@]2(C(=O)OC)C[C@@H]2CC)[C@H]2CCC(=O)[C@H]2C1. The summed E-state index contributed by atoms with van der Waals surface area (Å²) in [5.41, 5.74) is -0.146. The number of ether oxygens (including phenoxy) is 1. The zero-order valence-electron chi connectivity index (χ0n) is 14.8. The molecule has 0 saturated heterocycles. The third kappa shape index (κ3) is 2.68. The molecule has 0 spiro atoms. The second-order valence-electron chi connectivity index (χ2n) is 7.47. The highest BCUT2D eigenvalue weighted by atomic mass is 16.5. The first-order valence-electron chi connectivity index (χ1n) is 9.12. The second-order valence-corrected chi connectivity index (χ2v) is 7.47. The number of hydrogen-bond donors (Lipinski definition) is 1. The fourth-order valence-corrected chi connectivity index (χ4v) is 4.61. The van der Waals surface area contributed by atoms with Crippen LogP contribution in [0.2, 0.25) is 0 Å². The summed E-state index contributed by atoms with van der Waals surface area (Å²) < 4.78 is 4.92. The van der Waals surface area contributed by atoms with Crippen LogP contribution in [-0.4, -0.2) is 30.3 Å². The lowest BCUT2D eigenvalue weighted by Crippen LogP contribution is -2.47. The van der Waals surface area contributed by atoms with Gasteiger partial charge < -0.3 is 10.1 Å². The van der Waals surface area contributed by atoms with Crippen LogP contribution in [0.3, 0.4) is 0 Å². The second kappa shape index (κ2) is 6.34. The number of ketones is 1. The summed E-state index contributed by atoms with van der Waals surface area (Å²) in [4.78, 5) is 37.3. The lowest BCUT2D eigenvalue weighted by Gasteiger charge is -2.30. The van der Waals surface area contributed by atoms with Crippen molar-refractivity contribution in [3.8, 4) is 0 Å². The topological polar surface area (TPSA) is 72.5 Å². The van der Waals surface area contributed by atoms with Crippen LogP contribution in [0.4, 0.5) is 0 Å². The molecule has 0 aromatic heterocycles. The Kier molecular flexibility index (Phi) is 4.54. The molecular formula is C19H27NO4. The maximum atomic E-state index is 12.9. The number of fused-ring (bicyclic) bond motifs is 1. The van der Waals surface area contributed by atoms with Gasteiger partial charge in [-0.05, 0) is 43.4 Å². The van der Waals surface area contributed by atoms with Crippen molar-refractivity contribution in [2.75, 3.05) is 7.11 Å². The van der Waals surface area contributed by atoms with E-state index >= 15 is 0 Å². The molecule has 0 radical (unpaired) electrons. The molecule has 5 heteroatoms. The largest absolute Gasteiger partial charge is 0.467 e. The van der Waals surface area contributed by atoms with Crippen molar-refractivity contribution >= 4 is 17.7 Å². The highest BCUT2D eigenvalue weighted by Gasteiger charge is 2.61. The highest BCUT2D eigenvalue weighted by Crippen LogP contribution is 2.48. The molecule has 2 saturated carbocycles. The quantitative estimate of drug-likeness (QED) is 0.784. The maximum Gasteiger partial charge on any atom is 0.331 e. The zero-order chi connectivity index (χ0) is 17.5. The Balaban J connectivity index is 1.82. The normalized spacial score (nSPS) is 37.5. The lowest BCUT2D eigenvalue weighted by atomic mass is 9.74.